The molecule has 0 fully saturated rings. The Labute approximate surface area is 98.8 Å². The van der Waals surface area contributed by atoms with Gasteiger partial charge in [0.15, 0.2) is 0 Å². The van der Waals surface area contributed by atoms with E-state index in [0.29, 0.717) is 13.0 Å². The van der Waals surface area contributed by atoms with Gasteiger partial charge in [-0.25, -0.2) is 0 Å². The molecule has 0 saturated heterocycles. The normalized spacial score (nSPS) is 19.2. The number of halogens is 1. The monoisotopic (exact) mass is 233 g/mol. The van der Waals surface area contributed by atoms with Crippen molar-refractivity contribution >= 4 is 28.1 Å². The molecule has 0 radical (unpaired) electrons. The van der Waals surface area contributed by atoms with Gasteiger partial charge >= 0.3 is 0 Å². The zero-order chi connectivity index (χ0) is 11.1. The largest absolute Gasteiger partial charge is 0.391 e. The van der Waals surface area contributed by atoms with Crippen molar-refractivity contribution in [3.05, 3.63) is 40.9 Å². The van der Waals surface area contributed by atoms with Crippen molar-refractivity contribution in [1.82, 2.24) is 0 Å². The maximum Gasteiger partial charge on any atom is 0.0753 e. The molecule has 1 heterocycles. The van der Waals surface area contributed by atoms with Crippen molar-refractivity contribution in [2.75, 3.05) is 11.9 Å². The molecule has 0 saturated carbocycles. The molecule has 2 N–H and O–H groups in total. The number of nitrogens with one attached hydrogen (secondary N) is 1. The van der Waals surface area contributed by atoms with Crippen molar-refractivity contribution in [1.29, 1.82) is 0 Å². The van der Waals surface area contributed by atoms with Crippen LogP contribution in [0.5, 0.6) is 0 Å². The van der Waals surface area contributed by atoms with E-state index in [0.717, 1.165) is 27.0 Å². The number of rotatable bonds is 0. The molecule has 3 heteroatoms. The minimum absolute atomic E-state index is 0.315. The summed E-state index contributed by atoms with van der Waals surface area (Å²) in [6.07, 6.45) is 0.358. The highest BCUT2D eigenvalue weighted by Gasteiger charge is 2.19. The highest BCUT2D eigenvalue weighted by atomic mass is 35.5. The molecule has 3 rings (SSSR count). The highest BCUT2D eigenvalue weighted by Crippen LogP contribution is 2.35. The van der Waals surface area contributed by atoms with Gasteiger partial charge in [0.2, 0.25) is 0 Å². The second kappa shape index (κ2) is 3.65. The first-order valence-corrected chi connectivity index (χ1v) is 5.75. The Bertz CT molecular complexity index is 553. The van der Waals surface area contributed by atoms with E-state index in [-0.39, 0.29) is 6.10 Å². The number of hydrogen-bond acceptors (Lipinski definition) is 2. The van der Waals surface area contributed by atoms with Crippen LogP contribution in [0.25, 0.3) is 10.8 Å². The summed E-state index contributed by atoms with van der Waals surface area (Å²) < 4.78 is 0. The van der Waals surface area contributed by atoms with Crippen LogP contribution in [0, 0.1) is 0 Å². The predicted molar refractivity (Wildman–Crippen MR) is 67.2 cm³/mol. The SMILES string of the molecule is OC1CNc2c(cc(Cl)c3ccccc23)C1. The van der Waals surface area contributed by atoms with E-state index >= 15 is 0 Å². The summed E-state index contributed by atoms with van der Waals surface area (Å²) >= 11 is 6.23. The Hall–Kier alpha value is -1.25. The first-order chi connectivity index (χ1) is 7.75. The van der Waals surface area contributed by atoms with Gasteiger partial charge in [-0.15, -0.1) is 0 Å². The summed E-state index contributed by atoms with van der Waals surface area (Å²) in [7, 11) is 0. The highest BCUT2D eigenvalue weighted by molar-refractivity contribution is 6.36. The minimum atomic E-state index is -0.315. The smallest absolute Gasteiger partial charge is 0.0753 e. The number of aliphatic hydroxyl groups is 1. The van der Waals surface area contributed by atoms with E-state index in [2.05, 4.69) is 11.4 Å². The number of benzene rings is 2. The van der Waals surface area contributed by atoms with Gasteiger partial charge in [-0.3, -0.25) is 0 Å². The third-order valence-corrected chi connectivity index (χ3v) is 3.36. The molecule has 2 aromatic rings. The Morgan fingerprint density at radius 2 is 2.00 bits per heavy atom. The van der Waals surface area contributed by atoms with Crippen molar-refractivity contribution in [2.45, 2.75) is 12.5 Å². The molecule has 82 valence electrons. The maximum atomic E-state index is 9.61. The molecular formula is C13H12ClNO. The fourth-order valence-electron chi connectivity index (χ4n) is 2.30. The van der Waals surface area contributed by atoms with Gasteiger partial charge in [0.1, 0.15) is 0 Å². The Kier molecular flexibility index (Phi) is 2.27. The number of aliphatic hydroxyl groups excluding tert-OH is 1. The molecule has 1 unspecified atom stereocenters. The van der Waals surface area contributed by atoms with Crippen LogP contribution in [0.1, 0.15) is 5.56 Å². The summed E-state index contributed by atoms with van der Waals surface area (Å²) in [4.78, 5) is 0. The van der Waals surface area contributed by atoms with Gasteiger partial charge in [0.25, 0.3) is 0 Å². The Balaban J connectivity index is 2.31. The second-order valence-corrected chi connectivity index (χ2v) is 4.58. The number of hydrogen-bond donors (Lipinski definition) is 2. The fraction of sp³-hybridized carbons (Fsp3) is 0.231. The molecule has 2 aromatic carbocycles. The van der Waals surface area contributed by atoms with Gasteiger partial charge in [0.05, 0.1) is 6.10 Å². The zero-order valence-electron chi connectivity index (χ0n) is 8.70. The molecule has 1 atom stereocenters. The number of β-amino-alcohol motifs (C(OH)–C–C–N with tert-alkyl or cyclic N) is 1. The lowest BCUT2D eigenvalue weighted by Gasteiger charge is -2.24. The van der Waals surface area contributed by atoms with Crippen molar-refractivity contribution in [3.8, 4) is 0 Å². The van der Waals surface area contributed by atoms with Gasteiger partial charge in [-0.1, -0.05) is 35.9 Å². The summed E-state index contributed by atoms with van der Waals surface area (Å²) in [6.45, 7) is 0.610. The fourth-order valence-corrected chi connectivity index (χ4v) is 2.60. The van der Waals surface area contributed by atoms with E-state index < -0.39 is 0 Å². The molecule has 1 aliphatic heterocycles. The lowest BCUT2D eigenvalue weighted by molar-refractivity contribution is 0.185. The summed E-state index contributed by atoms with van der Waals surface area (Å²) in [5.74, 6) is 0. The van der Waals surface area contributed by atoms with Crippen molar-refractivity contribution in [3.63, 3.8) is 0 Å². The average molecular weight is 234 g/mol. The average Bonchev–Trinajstić information content (AvgIpc) is 2.29. The van der Waals surface area contributed by atoms with Crippen molar-refractivity contribution in [2.24, 2.45) is 0 Å². The first-order valence-electron chi connectivity index (χ1n) is 5.38. The van der Waals surface area contributed by atoms with Crippen molar-refractivity contribution < 1.29 is 5.11 Å². The van der Waals surface area contributed by atoms with E-state index in [1.807, 2.05) is 24.3 Å². The number of fused-ring (bicyclic) bond motifs is 3. The van der Waals surface area contributed by atoms with Crippen LogP contribution in [0.4, 0.5) is 5.69 Å². The van der Waals surface area contributed by atoms with Crippen LogP contribution < -0.4 is 5.32 Å². The van der Waals surface area contributed by atoms with E-state index in [1.54, 1.807) is 0 Å². The molecule has 0 aliphatic carbocycles. The van der Waals surface area contributed by atoms with E-state index in [4.69, 9.17) is 11.6 Å². The first kappa shape index (κ1) is 9.94. The van der Waals surface area contributed by atoms with Crippen LogP contribution in [0.2, 0.25) is 5.02 Å². The van der Waals surface area contributed by atoms with Gasteiger partial charge < -0.3 is 10.4 Å². The zero-order valence-corrected chi connectivity index (χ0v) is 9.46. The van der Waals surface area contributed by atoms with Crippen LogP contribution in [0.15, 0.2) is 30.3 Å². The molecule has 0 bridgehead atoms. The van der Waals surface area contributed by atoms with Gasteiger partial charge in [-0.05, 0) is 11.6 Å². The molecule has 2 nitrogen and oxygen atoms in total. The predicted octanol–water partition coefficient (Wildman–Crippen LogP) is 2.82. The standard InChI is InChI=1S/C13H12ClNO/c14-12-6-8-5-9(16)7-15-13(8)11-4-2-1-3-10(11)12/h1-4,6,9,15-16H,5,7H2. The lowest BCUT2D eigenvalue weighted by Crippen LogP contribution is -2.27. The molecule has 0 aromatic heterocycles. The van der Waals surface area contributed by atoms with Gasteiger partial charge in [0, 0.05) is 34.4 Å². The van der Waals surface area contributed by atoms with Gasteiger partial charge in [-0.2, -0.15) is 0 Å². The second-order valence-electron chi connectivity index (χ2n) is 4.18. The third-order valence-electron chi connectivity index (χ3n) is 3.05. The number of anilines is 1. The Morgan fingerprint density at radius 3 is 2.81 bits per heavy atom. The molecule has 0 amide bonds. The molecular weight excluding hydrogens is 222 g/mol. The topological polar surface area (TPSA) is 32.3 Å². The molecule has 0 spiro atoms. The van der Waals surface area contributed by atoms with Crippen LogP contribution in [-0.4, -0.2) is 17.8 Å². The van der Waals surface area contributed by atoms with E-state index in [9.17, 15) is 5.11 Å². The minimum Gasteiger partial charge on any atom is -0.391 e. The molecule has 16 heavy (non-hydrogen) atoms. The van der Waals surface area contributed by atoms with E-state index in [1.165, 1.54) is 0 Å². The summed E-state index contributed by atoms with van der Waals surface area (Å²) in [5.41, 5.74) is 2.22. The van der Waals surface area contributed by atoms with Crippen LogP contribution >= 0.6 is 11.6 Å². The quantitative estimate of drug-likeness (QED) is 0.734. The summed E-state index contributed by atoms with van der Waals surface area (Å²) in [5, 5.41) is 15.8. The lowest BCUT2D eigenvalue weighted by atomic mass is 9.96. The third kappa shape index (κ3) is 1.46. The summed E-state index contributed by atoms with van der Waals surface area (Å²) in [6, 6.07) is 10.0. The van der Waals surface area contributed by atoms with Crippen LogP contribution in [0.3, 0.4) is 0 Å². The molecule has 1 aliphatic rings. The van der Waals surface area contributed by atoms with Crippen LogP contribution in [-0.2, 0) is 6.42 Å². The Morgan fingerprint density at radius 1 is 1.25 bits per heavy atom. The maximum absolute atomic E-state index is 9.61.